The van der Waals surface area contributed by atoms with Crippen molar-refractivity contribution in [3.63, 3.8) is 0 Å². The Hall–Kier alpha value is -3.60. The molecule has 32 heavy (non-hydrogen) atoms. The molecule has 5 heteroatoms. The Balaban J connectivity index is 1.32. The van der Waals surface area contributed by atoms with Crippen LogP contribution in [0.5, 0.6) is 5.75 Å². The van der Waals surface area contributed by atoms with Gasteiger partial charge in [-0.15, -0.1) is 0 Å². The Morgan fingerprint density at radius 2 is 1.47 bits per heavy atom. The van der Waals surface area contributed by atoms with Crippen LogP contribution in [0.4, 0.5) is 5.69 Å². The third-order valence-electron chi connectivity index (χ3n) is 5.79. The van der Waals surface area contributed by atoms with E-state index in [1.54, 1.807) is 48.3 Å². The summed E-state index contributed by atoms with van der Waals surface area (Å²) in [5.41, 5.74) is 3.59. The van der Waals surface area contributed by atoms with Crippen molar-refractivity contribution >= 4 is 17.4 Å². The molecule has 0 N–H and O–H groups in total. The Kier molecular flexibility index (Phi) is 6.85. The molecule has 3 aromatic rings. The summed E-state index contributed by atoms with van der Waals surface area (Å²) in [4.78, 5) is 29.2. The second-order valence-electron chi connectivity index (χ2n) is 8.08. The van der Waals surface area contributed by atoms with Crippen molar-refractivity contribution in [1.29, 1.82) is 0 Å². The average Bonchev–Trinajstić information content (AvgIpc) is 3.38. The number of hydrogen-bond acceptors (Lipinski definition) is 4. The number of carbonyl (C=O) groups excluding carboxylic acids is 2. The van der Waals surface area contributed by atoms with Crippen molar-refractivity contribution < 1.29 is 14.3 Å². The standard InChI is InChI=1S/C27H28N2O3/c1-28(19-23-11-5-6-12-25(23)29-17-7-8-18-29)26(30)20-32-24-15-13-22(14-16-24)27(31)21-9-3-2-4-10-21/h2-6,9-16H,7-8,17-20H2,1H3. The van der Waals surface area contributed by atoms with E-state index < -0.39 is 0 Å². The molecule has 0 aliphatic carbocycles. The maximum atomic E-state index is 12.6. The molecule has 0 unspecified atom stereocenters. The molecule has 0 bridgehead atoms. The van der Waals surface area contributed by atoms with Crippen molar-refractivity contribution in [2.24, 2.45) is 0 Å². The largest absolute Gasteiger partial charge is 0.484 e. The first-order chi connectivity index (χ1) is 15.6. The SMILES string of the molecule is CN(Cc1ccccc1N1CCCC1)C(=O)COc1ccc(C(=O)c2ccccc2)cc1. The van der Waals surface area contributed by atoms with Gasteiger partial charge >= 0.3 is 0 Å². The van der Waals surface area contributed by atoms with Crippen LogP contribution in [0, 0.1) is 0 Å². The predicted molar refractivity (Wildman–Crippen MR) is 126 cm³/mol. The number of amides is 1. The molecule has 164 valence electrons. The van der Waals surface area contributed by atoms with Gasteiger partial charge in [0.25, 0.3) is 5.91 Å². The predicted octanol–water partition coefficient (Wildman–Crippen LogP) is 4.56. The van der Waals surface area contributed by atoms with Crippen LogP contribution < -0.4 is 9.64 Å². The summed E-state index contributed by atoms with van der Waals surface area (Å²) >= 11 is 0. The Morgan fingerprint density at radius 3 is 2.19 bits per heavy atom. The quantitative estimate of drug-likeness (QED) is 0.494. The van der Waals surface area contributed by atoms with Crippen molar-refractivity contribution in [3.05, 3.63) is 95.6 Å². The number of likely N-dealkylation sites (N-methyl/N-ethyl adjacent to an activating group) is 1. The van der Waals surface area contributed by atoms with Crippen LogP contribution in [-0.4, -0.2) is 43.3 Å². The number of ketones is 1. The summed E-state index contributed by atoms with van der Waals surface area (Å²) in [6.45, 7) is 2.63. The number of benzene rings is 3. The molecule has 0 saturated carbocycles. The number of rotatable bonds is 8. The minimum absolute atomic E-state index is 0.0374. The minimum Gasteiger partial charge on any atom is -0.484 e. The molecule has 0 aromatic heterocycles. The first-order valence-electron chi connectivity index (χ1n) is 11.0. The average molecular weight is 429 g/mol. The lowest BCUT2D eigenvalue weighted by Crippen LogP contribution is -2.31. The molecule has 4 rings (SSSR count). The van der Waals surface area contributed by atoms with Crippen LogP contribution in [0.3, 0.4) is 0 Å². The molecule has 1 aliphatic rings. The van der Waals surface area contributed by atoms with Crippen LogP contribution in [0.2, 0.25) is 0 Å². The van der Waals surface area contributed by atoms with E-state index >= 15 is 0 Å². The molecule has 1 amide bonds. The van der Waals surface area contributed by atoms with E-state index in [1.807, 2.05) is 30.3 Å². The third kappa shape index (κ3) is 5.17. The van der Waals surface area contributed by atoms with E-state index in [2.05, 4.69) is 17.0 Å². The maximum absolute atomic E-state index is 12.6. The fraction of sp³-hybridized carbons (Fsp3) is 0.259. The summed E-state index contributed by atoms with van der Waals surface area (Å²) < 4.78 is 5.68. The zero-order chi connectivity index (χ0) is 22.3. The van der Waals surface area contributed by atoms with E-state index in [4.69, 9.17) is 4.74 Å². The molecule has 3 aromatic carbocycles. The second-order valence-corrected chi connectivity index (χ2v) is 8.08. The zero-order valence-corrected chi connectivity index (χ0v) is 18.4. The highest BCUT2D eigenvalue weighted by atomic mass is 16.5. The first kappa shape index (κ1) is 21.6. The van der Waals surface area contributed by atoms with Crippen molar-refractivity contribution in [3.8, 4) is 5.75 Å². The number of ether oxygens (including phenoxy) is 1. The summed E-state index contributed by atoms with van der Waals surface area (Å²) in [5, 5.41) is 0. The minimum atomic E-state index is -0.0920. The number of carbonyl (C=O) groups is 2. The fourth-order valence-corrected chi connectivity index (χ4v) is 3.97. The topological polar surface area (TPSA) is 49.9 Å². The lowest BCUT2D eigenvalue weighted by molar-refractivity contribution is -0.132. The summed E-state index contributed by atoms with van der Waals surface area (Å²) in [5.74, 6) is 0.434. The summed E-state index contributed by atoms with van der Waals surface area (Å²) in [6, 6.07) is 24.4. The van der Waals surface area contributed by atoms with Gasteiger partial charge in [0.15, 0.2) is 12.4 Å². The van der Waals surface area contributed by atoms with E-state index in [1.165, 1.54) is 18.5 Å². The third-order valence-corrected chi connectivity index (χ3v) is 5.79. The zero-order valence-electron chi connectivity index (χ0n) is 18.4. The fourth-order valence-electron chi connectivity index (χ4n) is 3.97. The number of hydrogen-bond donors (Lipinski definition) is 0. The Labute approximate surface area is 189 Å². The molecular formula is C27H28N2O3. The monoisotopic (exact) mass is 428 g/mol. The van der Waals surface area contributed by atoms with Gasteiger partial charge in [0, 0.05) is 43.5 Å². The van der Waals surface area contributed by atoms with Gasteiger partial charge in [-0.25, -0.2) is 0 Å². The number of anilines is 1. The number of para-hydroxylation sites is 1. The lowest BCUT2D eigenvalue weighted by atomic mass is 10.0. The second kappa shape index (κ2) is 10.1. The molecule has 1 saturated heterocycles. The molecule has 0 spiro atoms. The van der Waals surface area contributed by atoms with Crippen molar-refractivity contribution in [2.75, 3.05) is 31.6 Å². The molecule has 0 atom stereocenters. The first-order valence-corrected chi connectivity index (χ1v) is 11.0. The summed E-state index contributed by atoms with van der Waals surface area (Å²) in [6.07, 6.45) is 2.43. The van der Waals surface area contributed by atoms with E-state index in [0.29, 0.717) is 23.4 Å². The lowest BCUT2D eigenvalue weighted by Gasteiger charge is -2.24. The molecule has 1 aliphatic heterocycles. The van der Waals surface area contributed by atoms with Gasteiger partial charge in [0.2, 0.25) is 0 Å². The molecule has 0 radical (unpaired) electrons. The summed E-state index contributed by atoms with van der Waals surface area (Å²) in [7, 11) is 1.80. The van der Waals surface area contributed by atoms with Crippen LogP contribution in [0.15, 0.2) is 78.9 Å². The maximum Gasteiger partial charge on any atom is 0.260 e. The van der Waals surface area contributed by atoms with Gasteiger partial charge in [0.05, 0.1) is 0 Å². The van der Waals surface area contributed by atoms with Gasteiger partial charge < -0.3 is 14.5 Å². The molecule has 1 fully saturated rings. The van der Waals surface area contributed by atoms with Gasteiger partial charge in [0.1, 0.15) is 5.75 Å². The van der Waals surface area contributed by atoms with E-state index in [-0.39, 0.29) is 18.3 Å². The molecule has 5 nitrogen and oxygen atoms in total. The Bertz CT molecular complexity index is 1060. The van der Waals surface area contributed by atoms with Gasteiger partial charge in [-0.3, -0.25) is 9.59 Å². The van der Waals surface area contributed by atoms with Crippen LogP contribution in [0.25, 0.3) is 0 Å². The molecular weight excluding hydrogens is 400 g/mol. The smallest absolute Gasteiger partial charge is 0.260 e. The highest BCUT2D eigenvalue weighted by molar-refractivity contribution is 6.08. The number of nitrogens with zero attached hydrogens (tertiary/aromatic N) is 2. The van der Waals surface area contributed by atoms with Crippen LogP contribution >= 0.6 is 0 Å². The van der Waals surface area contributed by atoms with E-state index in [9.17, 15) is 9.59 Å². The normalized spacial score (nSPS) is 13.1. The van der Waals surface area contributed by atoms with Gasteiger partial charge in [-0.05, 0) is 48.7 Å². The van der Waals surface area contributed by atoms with E-state index in [0.717, 1.165) is 18.7 Å². The highest BCUT2D eigenvalue weighted by Gasteiger charge is 2.18. The van der Waals surface area contributed by atoms with Crippen molar-refractivity contribution in [1.82, 2.24) is 4.90 Å². The van der Waals surface area contributed by atoms with Crippen LogP contribution in [-0.2, 0) is 11.3 Å². The Morgan fingerprint density at radius 1 is 0.844 bits per heavy atom. The van der Waals surface area contributed by atoms with Crippen molar-refractivity contribution in [2.45, 2.75) is 19.4 Å². The van der Waals surface area contributed by atoms with Gasteiger partial charge in [-0.1, -0.05) is 48.5 Å². The highest BCUT2D eigenvalue weighted by Crippen LogP contribution is 2.25. The molecule has 1 heterocycles. The van der Waals surface area contributed by atoms with Gasteiger partial charge in [-0.2, -0.15) is 0 Å². The van der Waals surface area contributed by atoms with Crippen LogP contribution in [0.1, 0.15) is 34.3 Å².